The van der Waals surface area contributed by atoms with Gasteiger partial charge in [0.05, 0.1) is 12.6 Å². The third kappa shape index (κ3) is 5.93. The Kier molecular flexibility index (Phi) is 6.44. The van der Waals surface area contributed by atoms with E-state index in [4.69, 9.17) is 0 Å². The van der Waals surface area contributed by atoms with E-state index in [1.807, 2.05) is 11.4 Å². The molecule has 5 nitrogen and oxygen atoms in total. The lowest BCUT2D eigenvalue weighted by atomic mass is 10.2. The van der Waals surface area contributed by atoms with Crippen molar-refractivity contribution in [3.63, 3.8) is 0 Å². The molecule has 1 saturated heterocycles. The van der Waals surface area contributed by atoms with E-state index < -0.39 is 24.7 Å². The molecule has 2 N–H and O–H groups in total. The van der Waals surface area contributed by atoms with Gasteiger partial charge in [-0.15, -0.1) is 0 Å². The quantitative estimate of drug-likeness (QED) is 0.671. The van der Waals surface area contributed by atoms with Gasteiger partial charge in [0.1, 0.15) is 6.54 Å². The highest BCUT2D eigenvalue weighted by Crippen LogP contribution is 2.19. The Labute approximate surface area is 151 Å². The number of amides is 2. The smallest absolute Gasteiger partial charge is 0.346 e. The van der Waals surface area contributed by atoms with Crippen molar-refractivity contribution in [2.45, 2.75) is 25.1 Å². The predicted molar refractivity (Wildman–Crippen MR) is 91.4 cm³/mol. The second-order valence-electron chi connectivity index (χ2n) is 5.52. The van der Waals surface area contributed by atoms with E-state index in [-0.39, 0.29) is 12.5 Å². The fraction of sp³-hybridized carbons (Fsp3) is 0.467. The van der Waals surface area contributed by atoms with Crippen molar-refractivity contribution in [2.75, 3.05) is 25.0 Å². The van der Waals surface area contributed by atoms with Gasteiger partial charge < -0.3 is 10.6 Å². The first-order valence-corrected chi connectivity index (χ1v) is 8.46. The van der Waals surface area contributed by atoms with Crippen LogP contribution in [0.2, 0.25) is 0 Å². The van der Waals surface area contributed by atoms with Crippen LogP contribution in [0.5, 0.6) is 0 Å². The standard InChI is InChI=1S/C15H17F3IN3O2/c16-15(17,18)9-20-14(24)12-5-2-6-22(12)8-13(23)21-11-4-1-3-10(19)7-11/h1,3-4,7,12H,2,5-6,8-9H2,(H,20,24)(H,21,23). The lowest BCUT2D eigenvalue weighted by molar-refractivity contribution is -0.141. The van der Waals surface area contributed by atoms with Crippen LogP contribution in [0.25, 0.3) is 0 Å². The summed E-state index contributed by atoms with van der Waals surface area (Å²) in [4.78, 5) is 25.6. The number of alkyl halides is 3. The van der Waals surface area contributed by atoms with Crippen LogP contribution in [0.1, 0.15) is 12.8 Å². The van der Waals surface area contributed by atoms with Gasteiger partial charge in [-0.3, -0.25) is 14.5 Å². The maximum absolute atomic E-state index is 12.2. The summed E-state index contributed by atoms with van der Waals surface area (Å²) in [6.07, 6.45) is -3.33. The number of likely N-dealkylation sites (tertiary alicyclic amines) is 1. The van der Waals surface area contributed by atoms with Crippen LogP contribution in [0.15, 0.2) is 24.3 Å². The normalized spacial score (nSPS) is 18.4. The number of halogens is 4. The molecule has 2 amide bonds. The molecule has 1 unspecified atom stereocenters. The average molecular weight is 455 g/mol. The summed E-state index contributed by atoms with van der Waals surface area (Å²) in [5.41, 5.74) is 0.643. The highest BCUT2D eigenvalue weighted by molar-refractivity contribution is 14.1. The van der Waals surface area contributed by atoms with Gasteiger partial charge in [-0.2, -0.15) is 13.2 Å². The lowest BCUT2D eigenvalue weighted by Gasteiger charge is -2.23. The van der Waals surface area contributed by atoms with Crippen molar-refractivity contribution in [1.82, 2.24) is 10.2 Å². The second-order valence-corrected chi connectivity index (χ2v) is 6.77. The van der Waals surface area contributed by atoms with Gasteiger partial charge >= 0.3 is 6.18 Å². The first-order valence-electron chi connectivity index (χ1n) is 7.38. The first-order chi connectivity index (χ1) is 11.2. The topological polar surface area (TPSA) is 61.4 Å². The van der Waals surface area contributed by atoms with E-state index >= 15 is 0 Å². The van der Waals surface area contributed by atoms with Gasteiger partial charge in [-0.05, 0) is 60.2 Å². The van der Waals surface area contributed by atoms with Gasteiger partial charge in [0.25, 0.3) is 0 Å². The molecule has 1 aromatic carbocycles. The molecule has 2 rings (SSSR count). The van der Waals surface area contributed by atoms with Crippen LogP contribution >= 0.6 is 22.6 Å². The molecule has 1 fully saturated rings. The SMILES string of the molecule is O=C(CN1CCCC1C(=O)NCC(F)(F)F)Nc1cccc(I)c1. The summed E-state index contributed by atoms with van der Waals surface area (Å²) in [5.74, 6) is -0.987. The molecule has 0 saturated carbocycles. The molecule has 1 aliphatic rings. The monoisotopic (exact) mass is 455 g/mol. The molecule has 1 aromatic rings. The molecule has 132 valence electrons. The van der Waals surface area contributed by atoms with Gasteiger partial charge in [0.2, 0.25) is 11.8 Å². The predicted octanol–water partition coefficient (Wildman–Crippen LogP) is 2.37. The summed E-state index contributed by atoms with van der Waals surface area (Å²) in [5, 5.41) is 4.61. The first kappa shape index (κ1) is 19.0. The van der Waals surface area contributed by atoms with Crippen molar-refractivity contribution in [3.05, 3.63) is 27.8 Å². The van der Waals surface area contributed by atoms with Crippen LogP contribution in [-0.2, 0) is 9.59 Å². The Morgan fingerprint density at radius 3 is 2.75 bits per heavy atom. The van der Waals surface area contributed by atoms with Gasteiger partial charge in [-0.1, -0.05) is 6.07 Å². The van der Waals surface area contributed by atoms with Gasteiger partial charge in [-0.25, -0.2) is 0 Å². The third-order valence-corrected chi connectivity index (χ3v) is 4.26. The molecule has 1 aliphatic heterocycles. The maximum Gasteiger partial charge on any atom is 0.405 e. The van der Waals surface area contributed by atoms with E-state index in [0.717, 1.165) is 3.57 Å². The fourth-order valence-corrected chi connectivity index (χ4v) is 3.11. The Morgan fingerprint density at radius 1 is 1.33 bits per heavy atom. The maximum atomic E-state index is 12.2. The van der Waals surface area contributed by atoms with E-state index in [2.05, 4.69) is 27.9 Å². The van der Waals surface area contributed by atoms with E-state index in [1.54, 1.807) is 23.1 Å². The van der Waals surface area contributed by atoms with Crippen LogP contribution in [-0.4, -0.2) is 48.6 Å². The zero-order valence-corrected chi connectivity index (χ0v) is 14.9. The zero-order valence-electron chi connectivity index (χ0n) is 12.7. The summed E-state index contributed by atoms with van der Waals surface area (Å²) >= 11 is 2.12. The van der Waals surface area contributed by atoms with Crippen molar-refractivity contribution >= 4 is 40.1 Å². The molecular weight excluding hydrogens is 438 g/mol. The number of rotatable bonds is 5. The molecule has 0 aromatic heterocycles. The molecule has 24 heavy (non-hydrogen) atoms. The summed E-state index contributed by atoms with van der Waals surface area (Å²) in [6.45, 7) is -0.885. The minimum atomic E-state index is -4.44. The van der Waals surface area contributed by atoms with Crippen molar-refractivity contribution < 1.29 is 22.8 Å². The lowest BCUT2D eigenvalue weighted by Crippen LogP contribution is -2.47. The zero-order chi connectivity index (χ0) is 17.7. The van der Waals surface area contributed by atoms with Crippen molar-refractivity contribution in [1.29, 1.82) is 0 Å². The van der Waals surface area contributed by atoms with Gasteiger partial charge in [0, 0.05) is 9.26 Å². The molecule has 1 heterocycles. The van der Waals surface area contributed by atoms with Crippen LogP contribution in [0.4, 0.5) is 18.9 Å². The number of carbonyl (C=O) groups is 2. The number of carbonyl (C=O) groups excluding carboxylic acids is 2. The van der Waals surface area contributed by atoms with Crippen LogP contribution in [0.3, 0.4) is 0 Å². The number of nitrogens with one attached hydrogen (secondary N) is 2. The van der Waals surface area contributed by atoms with Crippen molar-refractivity contribution in [2.24, 2.45) is 0 Å². The molecular formula is C15H17F3IN3O2. The third-order valence-electron chi connectivity index (χ3n) is 3.58. The Bertz CT molecular complexity index is 610. The van der Waals surface area contributed by atoms with E-state index in [1.165, 1.54) is 0 Å². The number of hydrogen-bond acceptors (Lipinski definition) is 3. The highest BCUT2D eigenvalue weighted by Gasteiger charge is 2.34. The average Bonchev–Trinajstić information content (AvgIpc) is 2.92. The number of benzene rings is 1. The summed E-state index contributed by atoms with van der Waals surface area (Å²) < 4.78 is 37.5. The fourth-order valence-electron chi connectivity index (χ4n) is 2.57. The van der Waals surface area contributed by atoms with Crippen LogP contribution < -0.4 is 10.6 Å². The minimum absolute atomic E-state index is 0.0322. The molecule has 9 heteroatoms. The Hall–Kier alpha value is -1.36. The Morgan fingerprint density at radius 2 is 2.08 bits per heavy atom. The largest absolute Gasteiger partial charge is 0.405 e. The van der Waals surface area contributed by atoms with E-state index in [9.17, 15) is 22.8 Å². The summed E-state index contributed by atoms with van der Waals surface area (Å²) in [7, 11) is 0. The number of hydrogen-bond donors (Lipinski definition) is 2. The van der Waals surface area contributed by atoms with Crippen molar-refractivity contribution in [3.8, 4) is 0 Å². The molecule has 0 radical (unpaired) electrons. The molecule has 0 spiro atoms. The molecule has 1 atom stereocenters. The minimum Gasteiger partial charge on any atom is -0.346 e. The molecule has 0 aliphatic carbocycles. The highest BCUT2D eigenvalue weighted by atomic mass is 127. The second kappa shape index (κ2) is 8.15. The van der Waals surface area contributed by atoms with E-state index in [0.29, 0.717) is 25.1 Å². The Balaban J connectivity index is 1.88. The number of nitrogens with zero attached hydrogens (tertiary/aromatic N) is 1. The number of anilines is 1. The van der Waals surface area contributed by atoms with Crippen LogP contribution in [0, 0.1) is 3.57 Å². The summed E-state index contributed by atoms with van der Waals surface area (Å²) in [6, 6.07) is 6.54. The van der Waals surface area contributed by atoms with Gasteiger partial charge in [0.15, 0.2) is 0 Å². The molecule has 0 bridgehead atoms.